The zero-order chi connectivity index (χ0) is 14.8. The lowest BCUT2D eigenvalue weighted by Crippen LogP contribution is -2.13. The molecule has 0 spiro atoms. The fourth-order valence-electron chi connectivity index (χ4n) is 1.62. The number of rotatable bonds is 4. The van der Waals surface area contributed by atoms with Crippen LogP contribution in [0.1, 0.15) is 5.56 Å². The third kappa shape index (κ3) is 3.27. The number of benzene rings is 2. The Kier molecular flexibility index (Phi) is 4.27. The summed E-state index contributed by atoms with van der Waals surface area (Å²) in [6, 6.07) is 9.46. The van der Waals surface area contributed by atoms with Gasteiger partial charge in [0, 0.05) is 12.2 Å². The minimum atomic E-state index is -3.83. The number of hydrogen-bond donors (Lipinski definition) is 2. The van der Waals surface area contributed by atoms with Gasteiger partial charge in [-0.2, -0.15) is 0 Å². The Hall–Kier alpha value is -1.63. The second-order valence-corrected chi connectivity index (χ2v) is 6.14. The van der Waals surface area contributed by atoms with Crippen molar-refractivity contribution < 1.29 is 12.8 Å². The Bertz CT molecular complexity index is 718. The van der Waals surface area contributed by atoms with E-state index in [4.69, 9.17) is 17.3 Å². The number of nitrogens with one attached hydrogen (secondary N) is 1. The van der Waals surface area contributed by atoms with Crippen LogP contribution >= 0.6 is 11.6 Å². The number of halogens is 2. The van der Waals surface area contributed by atoms with Gasteiger partial charge in [-0.1, -0.05) is 17.7 Å². The summed E-state index contributed by atoms with van der Waals surface area (Å²) < 4.78 is 39.5. The van der Waals surface area contributed by atoms with Crippen molar-refractivity contribution in [3.05, 3.63) is 58.9 Å². The fraction of sp³-hybridized carbons (Fsp3) is 0.0769. The largest absolute Gasteiger partial charge is 0.326 e. The lowest BCUT2D eigenvalue weighted by atomic mass is 10.2. The summed E-state index contributed by atoms with van der Waals surface area (Å²) in [6.07, 6.45) is 0. The molecule has 0 fully saturated rings. The van der Waals surface area contributed by atoms with Gasteiger partial charge in [-0.05, 0) is 42.0 Å². The maximum absolute atomic E-state index is 12.8. The molecule has 0 atom stereocenters. The molecule has 2 rings (SSSR count). The predicted molar refractivity (Wildman–Crippen MR) is 76.6 cm³/mol. The van der Waals surface area contributed by atoms with E-state index in [1.807, 2.05) is 0 Å². The van der Waals surface area contributed by atoms with Gasteiger partial charge in [0.25, 0.3) is 10.0 Å². The van der Waals surface area contributed by atoms with Crippen molar-refractivity contribution in [1.29, 1.82) is 0 Å². The Morgan fingerprint density at radius 2 is 1.80 bits per heavy atom. The first kappa shape index (κ1) is 14.8. The van der Waals surface area contributed by atoms with Crippen LogP contribution in [0, 0.1) is 5.82 Å². The van der Waals surface area contributed by atoms with E-state index in [-0.39, 0.29) is 22.2 Å². The average Bonchev–Trinajstić information content (AvgIpc) is 2.40. The molecule has 0 heterocycles. The molecule has 0 unspecified atom stereocenters. The first-order valence-electron chi connectivity index (χ1n) is 5.69. The Balaban J connectivity index is 2.33. The number of anilines is 1. The lowest BCUT2D eigenvalue weighted by Gasteiger charge is -2.10. The standard InChI is InChI=1S/C13H12ClFN2O2S/c14-12-7-9(8-16)1-6-13(12)20(18,19)17-11-4-2-10(15)3-5-11/h1-7,17H,8,16H2. The van der Waals surface area contributed by atoms with Crippen LogP contribution in [0.4, 0.5) is 10.1 Å². The summed E-state index contributed by atoms with van der Waals surface area (Å²) in [7, 11) is -3.83. The van der Waals surface area contributed by atoms with E-state index in [9.17, 15) is 12.8 Å². The van der Waals surface area contributed by atoms with E-state index < -0.39 is 15.8 Å². The van der Waals surface area contributed by atoms with Crippen molar-refractivity contribution in [2.45, 2.75) is 11.4 Å². The summed E-state index contributed by atoms with van der Waals surface area (Å²) in [4.78, 5) is -0.0549. The number of hydrogen-bond acceptors (Lipinski definition) is 3. The van der Waals surface area contributed by atoms with Gasteiger partial charge in [0.2, 0.25) is 0 Å². The van der Waals surface area contributed by atoms with Crippen LogP contribution in [0.2, 0.25) is 5.02 Å². The lowest BCUT2D eigenvalue weighted by molar-refractivity contribution is 0.601. The van der Waals surface area contributed by atoms with Crippen LogP contribution in [-0.4, -0.2) is 8.42 Å². The molecular formula is C13H12ClFN2O2S. The minimum absolute atomic E-state index is 0.0549. The summed E-state index contributed by atoms with van der Waals surface area (Å²) in [5.74, 6) is -0.446. The monoisotopic (exact) mass is 314 g/mol. The molecule has 7 heteroatoms. The van der Waals surface area contributed by atoms with Crippen LogP contribution in [0.3, 0.4) is 0 Å². The molecule has 0 aromatic heterocycles. The average molecular weight is 315 g/mol. The Morgan fingerprint density at radius 1 is 1.15 bits per heavy atom. The maximum atomic E-state index is 12.8. The first-order valence-corrected chi connectivity index (χ1v) is 7.55. The highest BCUT2D eigenvalue weighted by atomic mass is 35.5. The molecular weight excluding hydrogens is 303 g/mol. The van der Waals surface area contributed by atoms with Gasteiger partial charge >= 0.3 is 0 Å². The van der Waals surface area contributed by atoms with E-state index >= 15 is 0 Å². The molecule has 0 aliphatic carbocycles. The Labute approximate surface area is 121 Å². The predicted octanol–water partition coefficient (Wildman–Crippen LogP) is 2.74. The van der Waals surface area contributed by atoms with Crippen LogP contribution in [0.25, 0.3) is 0 Å². The smallest absolute Gasteiger partial charge is 0.263 e. The van der Waals surface area contributed by atoms with Crippen molar-refractivity contribution in [2.75, 3.05) is 4.72 Å². The molecule has 0 radical (unpaired) electrons. The maximum Gasteiger partial charge on any atom is 0.263 e. The van der Waals surface area contributed by atoms with E-state index in [2.05, 4.69) is 4.72 Å². The van der Waals surface area contributed by atoms with Gasteiger partial charge in [0.05, 0.1) is 5.02 Å². The molecule has 0 bridgehead atoms. The second kappa shape index (κ2) is 5.78. The van der Waals surface area contributed by atoms with E-state index in [0.717, 1.165) is 17.7 Å². The van der Waals surface area contributed by atoms with Gasteiger partial charge in [0.15, 0.2) is 0 Å². The molecule has 4 nitrogen and oxygen atoms in total. The summed E-state index contributed by atoms with van der Waals surface area (Å²) in [6.45, 7) is 0.269. The number of sulfonamides is 1. The van der Waals surface area contributed by atoms with Gasteiger partial charge in [-0.25, -0.2) is 12.8 Å². The van der Waals surface area contributed by atoms with Crippen LogP contribution in [0.15, 0.2) is 47.4 Å². The van der Waals surface area contributed by atoms with E-state index in [0.29, 0.717) is 0 Å². The molecule has 0 saturated heterocycles. The van der Waals surface area contributed by atoms with E-state index in [1.54, 1.807) is 6.07 Å². The highest BCUT2D eigenvalue weighted by Crippen LogP contribution is 2.25. The topological polar surface area (TPSA) is 72.2 Å². The third-order valence-electron chi connectivity index (χ3n) is 2.62. The van der Waals surface area contributed by atoms with Crippen LogP contribution < -0.4 is 10.5 Å². The van der Waals surface area contributed by atoms with Crippen molar-refractivity contribution >= 4 is 27.3 Å². The molecule has 20 heavy (non-hydrogen) atoms. The van der Waals surface area contributed by atoms with E-state index in [1.165, 1.54) is 24.3 Å². The number of nitrogens with two attached hydrogens (primary N) is 1. The first-order chi connectivity index (χ1) is 9.42. The molecule has 0 aliphatic rings. The van der Waals surface area contributed by atoms with Crippen LogP contribution in [-0.2, 0) is 16.6 Å². The van der Waals surface area contributed by atoms with Gasteiger partial charge in [-0.3, -0.25) is 4.72 Å². The van der Waals surface area contributed by atoms with Crippen molar-refractivity contribution in [1.82, 2.24) is 0 Å². The zero-order valence-corrected chi connectivity index (χ0v) is 11.9. The fourth-order valence-corrected chi connectivity index (χ4v) is 3.24. The second-order valence-electron chi connectivity index (χ2n) is 4.08. The SMILES string of the molecule is NCc1ccc(S(=O)(=O)Nc2ccc(F)cc2)c(Cl)c1. The normalized spacial score (nSPS) is 11.3. The van der Waals surface area contributed by atoms with Crippen molar-refractivity contribution in [3.8, 4) is 0 Å². The highest BCUT2D eigenvalue weighted by molar-refractivity contribution is 7.92. The molecule has 106 valence electrons. The van der Waals surface area contributed by atoms with Gasteiger partial charge in [0.1, 0.15) is 10.7 Å². The molecule has 0 amide bonds. The van der Waals surface area contributed by atoms with Gasteiger partial charge < -0.3 is 5.73 Å². The van der Waals surface area contributed by atoms with Crippen molar-refractivity contribution in [2.24, 2.45) is 5.73 Å². The molecule has 0 aliphatic heterocycles. The minimum Gasteiger partial charge on any atom is -0.326 e. The molecule has 0 saturated carbocycles. The van der Waals surface area contributed by atoms with Crippen molar-refractivity contribution in [3.63, 3.8) is 0 Å². The molecule has 3 N–H and O–H groups in total. The summed E-state index contributed by atoms with van der Waals surface area (Å²) >= 11 is 5.95. The molecule has 2 aromatic carbocycles. The Morgan fingerprint density at radius 3 is 2.35 bits per heavy atom. The van der Waals surface area contributed by atoms with Crippen LogP contribution in [0.5, 0.6) is 0 Å². The quantitative estimate of drug-likeness (QED) is 0.911. The van der Waals surface area contributed by atoms with Gasteiger partial charge in [-0.15, -0.1) is 0 Å². The molecule has 2 aromatic rings. The third-order valence-corrected chi connectivity index (χ3v) is 4.48. The summed E-state index contributed by atoms with van der Waals surface area (Å²) in [5, 5.41) is 0.0857. The highest BCUT2D eigenvalue weighted by Gasteiger charge is 2.18. The zero-order valence-electron chi connectivity index (χ0n) is 10.3. The summed E-state index contributed by atoms with van der Waals surface area (Å²) in [5.41, 5.74) is 6.44.